The molecule has 0 unspecified atom stereocenters. The summed E-state index contributed by atoms with van der Waals surface area (Å²) in [4.78, 5) is 48.0. The van der Waals surface area contributed by atoms with E-state index in [0.717, 1.165) is 72.2 Å². The molecule has 58 heavy (non-hydrogen) atoms. The summed E-state index contributed by atoms with van der Waals surface area (Å²) in [6.45, 7) is 6.18. The summed E-state index contributed by atoms with van der Waals surface area (Å²) in [5, 5.41) is 18.9. The van der Waals surface area contributed by atoms with Crippen LogP contribution in [-0.2, 0) is 22.3 Å². The Labute approximate surface area is 335 Å². The lowest BCUT2D eigenvalue weighted by Gasteiger charge is -2.35. The zero-order valence-electron chi connectivity index (χ0n) is 33.7. The van der Waals surface area contributed by atoms with Crippen molar-refractivity contribution in [2.24, 2.45) is 10.8 Å². The minimum absolute atomic E-state index is 0.0870. The Morgan fingerprint density at radius 3 is 1.29 bits per heavy atom. The van der Waals surface area contributed by atoms with Crippen LogP contribution in [0.2, 0.25) is 0 Å². The van der Waals surface area contributed by atoms with Gasteiger partial charge in [0, 0.05) is 62.0 Å². The van der Waals surface area contributed by atoms with Gasteiger partial charge in [0.2, 0.25) is 0 Å². The fourth-order valence-electron chi connectivity index (χ4n) is 8.24. The molecule has 0 spiro atoms. The number of carboxylic acid groups (broad SMARTS) is 2. The van der Waals surface area contributed by atoms with Crippen LogP contribution in [0.25, 0.3) is 22.5 Å². The minimum atomic E-state index is -1.20. The summed E-state index contributed by atoms with van der Waals surface area (Å²) in [5.41, 5.74) is 4.14. The van der Waals surface area contributed by atoms with Crippen molar-refractivity contribution in [2.75, 3.05) is 54.9 Å². The number of hydrogen-bond donors (Lipinski definition) is 2. The Kier molecular flexibility index (Phi) is 11.2. The van der Waals surface area contributed by atoms with Crippen LogP contribution in [0.1, 0.15) is 83.5 Å². The van der Waals surface area contributed by atoms with Gasteiger partial charge in [0.25, 0.3) is 0 Å². The third kappa shape index (κ3) is 7.70. The predicted octanol–water partition coefficient (Wildman–Crippen LogP) is 6.29. The first kappa shape index (κ1) is 40.6. The Bertz CT molecular complexity index is 2210. The van der Waals surface area contributed by atoms with Gasteiger partial charge in [0.05, 0.1) is 38.8 Å². The van der Waals surface area contributed by atoms with Crippen LogP contribution in [0.4, 0.5) is 0 Å². The topological polar surface area (TPSA) is 174 Å². The number of benzene rings is 2. The number of ether oxygens (including phenoxy) is 6. The second-order valence-electron chi connectivity index (χ2n) is 16.0. The summed E-state index contributed by atoms with van der Waals surface area (Å²) in [6.07, 6.45) is 8.81. The minimum Gasteiger partial charge on any atom is -0.493 e. The first-order chi connectivity index (χ1) is 27.7. The van der Waals surface area contributed by atoms with E-state index < -0.39 is 22.8 Å². The smallest absolute Gasteiger partial charge is 0.341 e. The highest BCUT2D eigenvalue weighted by atomic mass is 16.5. The SMILES string of the molecule is COCCOc1cc2c(cc1OC)-c1cc(=O)c(C(=O)O)cn1[C@@H](C1(C)CC1)C2.COCCOc1cc2c(cc1OC)-c1cc(=O)c(C(=O)O)cn1[C@H](C1(C)CC1)C2. The van der Waals surface area contributed by atoms with Crippen LogP contribution in [0, 0.1) is 10.8 Å². The van der Waals surface area contributed by atoms with Gasteiger partial charge in [-0.05, 0) is 84.7 Å². The first-order valence-electron chi connectivity index (χ1n) is 19.4. The third-order valence-corrected chi connectivity index (χ3v) is 12.2. The van der Waals surface area contributed by atoms with Gasteiger partial charge in [0.1, 0.15) is 24.3 Å². The van der Waals surface area contributed by atoms with Crippen molar-refractivity contribution in [2.45, 2.75) is 64.5 Å². The molecule has 2 N–H and O–H groups in total. The zero-order chi connectivity index (χ0) is 41.5. The summed E-state index contributed by atoms with van der Waals surface area (Å²) < 4.78 is 36.8. The lowest BCUT2D eigenvalue weighted by atomic mass is 9.84. The number of carbonyl (C=O) groups is 2. The van der Waals surface area contributed by atoms with E-state index >= 15 is 0 Å². The van der Waals surface area contributed by atoms with Crippen molar-refractivity contribution in [1.29, 1.82) is 0 Å². The molecule has 2 aliphatic carbocycles. The van der Waals surface area contributed by atoms with Crippen LogP contribution in [0.3, 0.4) is 0 Å². The monoisotopic (exact) mass is 798 g/mol. The standard InChI is InChI=1S/2C22H25NO6/c2*1-22(4-5-22)20-9-13-8-19(29-7-6-27-2)18(28-3)10-14(13)16-11-17(24)15(21(25)26)12-23(16)20/h2*8,10-12,20H,4-7,9H2,1-3H3,(H,25,26)/t2*20-/m10/s1. The average molecular weight is 799 g/mol. The molecule has 2 fully saturated rings. The van der Waals surface area contributed by atoms with Gasteiger partial charge in [-0.3, -0.25) is 9.59 Å². The van der Waals surface area contributed by atoms with E-state index in [1.54, 1.807) is 28.4 Å². The number of methoxy groups -OCH3 is 4. The summed E-state index contributed by atoms with van der Waals surface area (Å²) >= 11 is 0. The largest absolute Gasteiger partial charge is 0.493 e. The van der Waals surface area contributed by atoms with E-state index in [4.69, 9.17) is 28.4 Å². The van der Waals surface area contributed by atoms with E-state index in [0.29, 0.717) is 49.4 Å². The van der Waals surface area contributed by atoms with Gasteiger partial charge in [-0.25, -0.2) is 9.59 Å². The van der Waals surface area contributed by atoms with Crippen molar-refractivity contribution in [3.8, 4) is 45.5 Å². The Morgan fingerprint density at radius 2 is 0.983 bits per heavy atom. The van der Waals surface area contributed by atoms with Gasteiger partial charge in [-0.1, -0.05) is 13.8 Å². The Hall–Kier alpha value is -5.60. The molecule has 4 aromatic rings. The molecule has 4 heterocycles. The van der Waals surface area contributed by atoms with E-state index in [-0.39, 0.29) is 34.0 Å². The Balaban J connectivity index is 0.000000177. The molecule has 2 aromatic carbocycles. The maximum atomic E-state index is 12.4. The number of pyridine rings is 2. The van der Waals surface area contributed by atoms with E-state index in [2.05, 4.69) is 13.8 Å². The van der Waals surface area contributed by atoms with Crippen molar-refractivity contribution in [3.05, 3.63) is 91.5 Å². The molecule has 308 valence electrons. The van der Waals surface area contributed by atoms with E-state index in [9.17, 15) is 29.4 Å². The molecule has 0 amide bonds. The molecule has 0 saturated heterocycles. The molecular weight excluding hydrogens is 748 g/mol. The maximum absolute atomic E-state index is 12.4. The van der Waals surface area contributed by atoms with Crippen molar-refractivity contribution in [3.63, 3.8) is 0 Å². The Morgan fingerprint density at radius 1 is 0.603 bits per heavy atom. The van der Waals surface area contributed by atoms with Crippen molar-refractivity contribution < 1.29 is 48.2 Å². The van der Waals surface area contributed by atoms with E-state index in [1.807, 2.05) is 33.4 Å². The lowest BCUT2D eigenvalue weighted by Crippen LogP contribution is -2.29. The number of carboxylic acids is 2. The first-order valence-corrected chi connectivity index (χ1v) is 19.4. The average Bonchev–Trinajstić information content (AvgIpc) is 4.14. The molecular formula is C44H50N2O12. The highest BCUT2D eigenvalue weighted by Crippen LogP contribution is 2.59. The second-order valence-corrected chi connectivity index (χ2v) is 16.0. The van der Waals surface area contributed by atoms with Gasteiger partial charge < -0.3 is 47.8 Å². The number of aromatic carboxylic acids is 2. The zero-order valence-corrected chi connectivity index (χ0v) is 33.7. The van der Waals surface area contributed by atoms with Gasteiger partial charge in [-0.2, -0.15) is 0 Å². The number of aromatic nitrogens is 2. The lowest BCUT2D eigenvalue weighted by molar-refractivity contribution is 0.0683. The third-order valence-electron chi connectivity index (χ3n) is 12.2. The highest BCUT2D eigenvalue weighted by Gasteiger charge is 2.49. The quantitative estimate of drug-likeness (QED) is 0.137. The molecule has 14 heteroatoms. The van der Waals surface area contributed by atoms with Crippen molar-refractivity contribution >= 4 is 11.9 Å². The van der Waals surface area contributed by atoms with Crippen molar-refractivity contribution in [1.82, 2.24) is 9.13 Å². The van der Waals surface area contributed by atoms with Gasteiger partial charge in [0.15, 0.2) is 33.9 Å². The van der Waals surface area contributed by atoms with Gasteiger partial charge >= 0.3 is 11.9 Å². The molecule has 2 aliphatic heterocycles. The fraction of sp³-hybridized carbons (Fsp3) is 0.455. The summed E-state index contributed by atoms with van der Waals surface area (Å²) in [6, 6.07) is 10.7. The number of hydrogen-bond acceptors (Lipinski definition) is 10. The molecule has 2 saturated carbocycles. The predicted molar refractivity (Wildman–Crippen MR) is 214 cm³/mol. The number of fused-ring (bicyclic) bond motifs is 6. The molecule has 2 atom stereocenters. The van der Waals surface area contributed by atoms with Crippen LogP contribution in [0.5, 0.6) is 23.0 Å². The summed E-state index contributed by atoms with van der Waals surface area (Å²) in [7, 11) is 6.38. The molecule has 4 aliphatic rings. The normalized spacial score (nSPS) is 18.5. The summed E-state index contributed by atoms with van der Waals surface area (Å²) in [5.74, 6) is 0.0157. The van der Waals surface area contributed by atoms with Crippen LogP contribution >= 0.6 is 0 Å². The van der Waals surface area contributed by atoms with E-state index in [1.165, 1.54) is 24.5 Å². The number of rotatable bonds is 14. The molecule has 14 nitrogen and oxygen atoms in total. The molecule has 0 radical (unpaired) electrons. The molecule has 8 rings (SSSR count). The van der Waals surface area contributed by atoms with Crippen LogP contribution in [0.15, 0.2) is 58.4 Å². The van der Waals surface area contributed by atoms with Gasteiger partial charge in [-0.15, -0.1) is 0 Å². The number of nitrogens with zero attached hydrogens (tertiary/aromatic N) is 2. The second kappa shape index (κ2) is 16.0. The highest BCUT2D eigenvalue weighted by molar-refractivity contribution is 5.88. The molecule has 0 bridgehead atoms. The fourth-order valence-corrected chi connectivity index (χ4v) is 8.24. The van der Waals surface area contributed by atoms with Crippen LogP contribution < -0.4 is 29.8 Å². The van der Waals surface area contributed by atoms with Crippen LogP contribution in [-0.4, -0.2) is 86.2 Å². The maximum Gasteiger partial charge on any atom is 0.341 e. The molecule has 2 aromatic heterocycles.